The Morgan fingerprint density at radius 2 is 1.06 bits per heavy atom. The molecular formula is C15H22O. The number of rotatable bonds is 4. The van der Waals surface area contributed by atoms with Crippen LogP contribution in [0, 0.1) is 11.8 Å². The van der Waals surface area contributed by atoms with Crippen LogP contribution >= 0.6 is 0 Å². The molecule has 0 aromatic rings. The minimum absolute atomic E-state index is 0.179. The molecule has 0 aliphatic heterocycles. The molecule has 1 heteroatoms. The monoisotopic (exact) mass is 218 g/mol. The SMILES string of the molecule is C=C(C(=O)C(=C)C1CCCC1)C1CCCC1. The van der Waals surface area contributed by atoms with E-state index in [-0.39, 0.29) is 5.78 Å². The first-order chi connectivity index (χ1) is 7.70. The van der Waals surface area contributed by atoms with Crippen molar-refractivity contribution in [3.05, 3.63) is 24.3 Å². The highest BCUT2D eigenvalue weighted by Gasteiger charge is 2.28. The van der Waals surface area contributed by atoms with Crippen molar-refractivity contribution < 1.29 is 4.79 Å². The van der Waals surface area contributed by atoms with Crippen molar-refractivity contribution in [2.75, 3.05) is 0 Å². The van der Waals surface area contributed by atoms with Gasteiger partial charge < -0.3 is 0 Å². The molecule has 0 spiro atoms. The van der Waals surface area contributed by atoms with Crippen LogP contribution in [0.25, 0.3) is 0 Å². The van der Waals surface area contributed by atoms with Crippen molar-refractivity contribution in [2.45, 2.75) is 51.4 Å². The van der Waals surface area contributed by atoms with Crippen LogP contribution < -0.4 is 0 Å². The van der Waals surface area contributed by atoms with E-state index in [1.165, 1.54) is 25.7 Å². The summed E-state index contributed by atoms with van der Waals surface area (Å²) < 4.78 is 0. The summed E-state index contributed by atoms with van der Waals surface area (Å²) in [4.78, 5) is 12.2. The molecule has 2 aliphatic rings. The number of carbonyl (C=O) groups excluding carboxylic acids is 1. The largest absolute Gasteiger partial charge is 0.289 e. The van der Waals surface area contributed by atoms with Crippen LogP contribution in [-0.4, -0.2) is 5.78 Å². The second-order valence-corrected chi connectivity index (χ2v) is 5.34. The van der Waals surface area contributed by atoms with Crippen molar-refractivity contribution in [3.63, 3.8) is 0 Å². The van der Waals surface area contributed by atoms with Crippen molar-refractivity contribution in [1.82, 2.24) is 0 Å². The Bertz CT molecular complexity index is 271. The lowest BCUT2D eigenvalue weighted by Gasteiger charge is -2.16. The minimum Gasteiger partial charge on any atom is -0.289 e. The normalized spacial score (nSPS) is 22.5. The van der Waals surface area contributed by atoms with E-state index in [1.54, 1.807) is 0 Å². The predicted octanol–water partition coefficient (Wildman–Crippen LogP) is 4.05. The molecule has 0 unspecified atom stereocenters. The number of Topliss-reactive ketones (excluding diaryl/α,β-unsaturated/α-hetero) is 1. The Labute approximate surface area is 98.6 Å². The number of carbonyl (C=O) groups is 1. The molecule has 0 bridgehead atoms. The lowest BCUT2D eigenvalue weighted by Crippen LogP contribution is -2.15. The zero-order chi connectivity index (χ0) is 11.5. The highest BCUT2D eigenvalue weighted by atomic mass is 16.1. The Hall–Kier alpha value is -0.850. The first-order valence-corrected chi connectivity index (χ1v) is 6.62. The van der Waals surface area contributed by atoms with Crippen molar-refractivity contribution in [3.8, 4) is 0 Å². The third kappa shape index (κ3) is 2.28. The van der Waals surface area contributed by atoms with Crippen molar-refractivity contribution in [2.24, 2.45) is 11.8 Å². The summed E-state index contributed by atoms with van der Waals surface area (Å²) in [6.45, 7) is 8.04. The van der Waals surface area contributed by atoms with Gasteiger partial charge in [0.1, 0.15) is 0 Å². The fraction of sp³-hybridized carbons (Fsp3) is 0.667. The second-order valence-electron chi connectivity index (χ2n) is 5.34. The summed E-state index contributed by atoms with van der Waals surface area (Å²) in [5, 5.41) is 0. The quantitative estimate of drug-likeness (QED) is 0.651. The number of hydrogen-bond acceptors (Lipinski definition) is 1. The summed E-state index contributed by atoms with van der Waals surface area (Å²) in [6.07, 6.45) is 9.65. The maximum atomic E-state index is 12.2. The van der Waals surface area contributed by atoms with E-state index >= 15 is 0 Å². The molecule has 0 aromatic heterocycles. The molecule has 0 saturated heterocycles. The standard InChI is InChI=1S/C15H22O/c1-11(13-7-3-4-8-13)15(16)12(2)14-9-5-6-10-14/h13-14H,1-10H2. The van der Waals surface area contributed by atoms with Gasteiger partial charge in [0, 0.05) is 0 Å². The number of allylic oxidation sites excluding steroid dienone is 2. The average Bonchev–Trinajstić information content (AvgIpc) is 2.97. The van der Waals surface area contributed by atoms with E-state index in [0.29, 0.717) is 11.8 Å². The molecule has 0 amide bonds. The van der Waals surface area contributed by atoms with Crippen LogP contribution in [0.15, 0.2) is 24.3 Å². The van der Waals surface area contributed by atoms with Crippen LogP contribution in [-0.2, 0) is 4.79 Å². The molecule has 2 fully saturated rings. The minimum atomic E-state index is 0.179. The molecule has 1 nitrogen and oxygen atoms in total. The molecule has 0 aromatic carbocycles. The maximum Gasteiger partial charge on any atom is 0.184 e. The van der Waals surface area contributed by atoms with Gasteiger partial charge in [-0.05, 0) is 48.7 Å². The summed E-state index contributed by atoms with van der Waals surface area (Å²) in [7, 11) is 0. The van der Waals surface area contributed by atoms with E-state index in [9.17, 15) is 4.79 Å². The first kappa shape index (κ1) is 11.6. The van der Waals surface area contributed by atoms with Crippen LogP contribution in [0.2, 0.25) is 0 Å². The van der Waals surface area contributed by atoms with Gasteiger partial charge in [0.05, 0.1) is 0 Å². The Morgan fingerprint density at radius 3 is 1.38 bits per heavy atom. The lowest BCUT2D eigenvalue weighted by molar-refractivity contribution is -0.113. The van der Waals surface area contributed by atoms with Gasteiger partial charge in [-0.2, -0.15) is 0 Å². The summed E-state index contributed by atoms with van der Waals surface area (Å²) >= 11 is 0. The number of ketones is 1. The van der Waals surface area contributed by atoms with Gasteiger partial charge in [0.2, 0.25) is 0 Å². The van der Waals surface area contributed by atoms with Gasteiger partial charge in [0.25, 0.3) is 0 Å². The number of hydrogen-bond donors (Lipinski definition) is 0. The lowest BCUT2D eigenvalue weighted by atomic mass is 9.86. The third-order valence-corrected chi connectivity index (χ3v) is 4.28. The molecular weight excluding hydrogens is 196 g/mol. The molecule has 0 atom stereocenters. The summed E-state index contributed by atoms with van der Waals surface area (Å²) in [6, 6.07) is 0. The molecule has 16 heavy (non-hydrogen) atoms. The molecule has 0 heterocycles. The van der Waals surface area contributed by atoms with Gasteiger partial charge in [-0.3, -0.25) is 4.79 Å². The predicted molar refractivity (Wildman–Crippen MR) is 67.2 cm³/mol. The molecule has 0 radical (unpaired) electrons. The third-order valence-electron chi connectivity index (χ3n) is 4.28. The average molecular weight is 218 g/mol. The molecule has 2 aliphatic carbocycles. The Kier molecular flexibility index (Phi) is 3.63. The molecule has 88 valence electrons. The second kappa shape index (κ2) is 4.99. The van der Waals surface area contributed by atoms with E-state index in [4.69, 9.17) is 0 Å². The Morgan fingerprint density at radius 1 is 0.750 bits per heavy atom. The first-order valence-electron chi connectivity index (χ1n) is 6.62. The molecule has 0 N–H and O–H groups in total. The highest BCUT2D eigenvalue weighted by Crippen LogP contribution is 2.36. The van der Waals surface area contributed by atoms with E-state index in [0.717, 1.165) is 36.8 Å². The van der Waals surface area contributed by atoms with Gasteiger partial charge in [-0.15, -0.1) is 0 Å². The molecule has 2 rings (SSSR count). The van der Waals surface area contributed by atoms with Crippen LogP contribution in [0.1, 0.15) is 51.4 Å². The topological polar surface area (TPSA) is 17.1 Å². The van der Waals surface area contributed by atoms with Crippen LogP contribution in [0.4, 0.5) is 0 Å². The highest BCUT2D eigenvalue weighted by molar-refractivity contribution is 6.08. The zero-order valence-electron chi connectivity index (χ0n) is 10.1. The van der Waals surface area contributed by atoms with Crippen molar-refractivity contribution >= 4 is 5.78 Å². The molecule has 2 saturated carbocycles. The Balaban J connectivity index is 1.95. The van der Waals surface area contributed by atoms with E-state index < -0.39 is 0 Å². The summed E-state index contributed by atoms with van der Waals surface area (Å²) in [5.74, 6) is 1.08. The van der Waals surface area contributed by atoms with Gasteiger partial charge >= 0.3 is 0 Å². The van der Waals surface area contributed by atoms with Gasteiger partial charge in [0.15, 0.2) is 5.78 Å². The van der Waals surface area contributed by atoms with Crippen LogP contribution in [0.3, 0.4) is 0 Å². The smallest absolute Gasteiger partial charge is 0.184 e. The van der Waals surface area contributed by atoms with E-state index in [2.05, 4.69) is 13.2 Å². The zero-order valence-corrected chi connectivity index (χ0v) is 10.1. The van der Waals surface area contributed by atoms with Crippen LogP contribution in [0.5, 0.6) is 0 Å². The fourth-order valence-corrected chi connectivity index (χ4v) is 3.13. The van der Waals surface area contributed by atoms with Gasteiger partial charge in [-0.1, -0.05) is 38.8 Å². The summed E-state index contributed by atoms with van der Waals surface area (Å²) in [5.41, 5.74) is 1.68. The maximum absolute atomic E-state index is 12.2. The van der Waals surface area contributed by atoms with Gasteiger partial charge in [-0.25, -0.2) is 0 Å². The van der Waals surface area contributed by atoms with E-state index in [1.807, 2.05) is 0 Å². The fourth-order valence-electron chi connectivity index (χ4n) is 3.13. The van der Waals surface area contributed by atoms with Crippen molar-refractivity contribution in [1.29, 1.82) is 0 Å².